The lowest BCUT2D eigenvalue weighted by Crippen LogP contribution is -2.58. The second-order valence-electron chi connectivity index (χ2n) is 6.56. The van der Waals surface area contributed by atoms with E-state index in [1.165, 1.54) is 19.3 Å². The van der Waals surface area contributed by atoms with Gasteiger partial charge in [0.25, 0.3) is 0 Å². The predicted octanol–water partition coefficient (Wildman–Crippen LogP) is 2.02. The first kappa shape index (κ1) is 11.4. The summed E-state index contributed by atoms with van der Waals surface area (Å²) in [6, 6.07) is 0. The van der Waals surface area contributed by atoms with E-state index in [-0.39, 0.29) is 12.0 Å². The van der Waals surface area contributed by atoms with Crippen LogP contribution in [0.3, 0.4) is 0 Å². The zero-order valence-electron chi connectivity index (χ0n) is 10.3. The van der Waals surface area contributed by atoms with Crippen molar-refractivity contribution >= 4 is 0 Å². The molecule has 0 aromatic rings. The molecular formula is C13H25NO. The molecule has 0 radical (unpaired) electrons. The summed E-state index contributed by atoms with van der Waals surface area (Å²) in [6.45, 7) is 7.81. The Morgan fingerprint density at radius 1 is 1.40 bits per heavy atom. The molecule has 3 aliphatic rings. The third-order valence-electron chi connectivity index (χ3n) is 5.58. The third kappa shape index (κ3) is 1.45. The monoisotopic (exact) mass is 211 g/mol. The molecule has 3 N–H and O–H groups in total. The summed E-state index contributed by atoms with van der Waals surface area (Å²) in [5.41, 5.74) is 6.30. The summed E-state index contributed by atoms with van der Waals surface area (Å²) in [5, 5.41) is 9.56. The van der Waals surface area contributed by atoms with Gasteiger partial charge in [0.05, 0.1) is 0 Å². The van der Waals surface area contributed by atoms with Gasteiger partial charge in [-0.05, 0) is 42.4 Å². The van der Waals surface area contributed by atoms with Crippen molar-refractivity contribution in [3.05, 3.63) is 0 Å². The highest BCUT2D eigenvalue weighted by molar-refractivity contribution is 5.07. The first-order chi connectivity index (χ1) is 6.95. The molecule has 0 aromatic heterocycles. The predicted molar refractivity (Wildman–Crippen MR) is 62.3 cm³/mol. The zero-order chi connectivity index (χ0) is 11.3. The normalized spacial score (nSPS) is 41.8. The minimum absolute atomic E-state index is 0.0483. The van der Waals surface area contributed by atoms with Crippen molar-refractivity contribution in [3.8, 4) is 0 Å². The summed E-state index contributed by atoms with van der Waals surface area (Å²) < 4.78 is 0. The van der Waals surface area contributed by atoms with Crippen LogP contribution in [0.4, 0.5) is 0 Å². The highest BCUT2D eigenvalue weighted by atomic mass is 16.3. The topological polar surface area (TPSA) is 46.2 Å². The summed E-state index contributed by atoms with van der Waals surface area (Å²) in [4.78, 5) is 0. The average molecular weight is 211 g/mol. The minimum atomic E-state index is -0.0483. The van der Waals surface area contributed by atoms with Crippen LogP contribution in [0, 0.1) is 28.6 Å². The maximum absolute atomic E-state index is 9.56. The molecular weight excluding hydrogens is 186 g/mol. The Morgan fingerprint density at radius 3 is 2.47 bits per heavy atom. The van der Waals surface area contributed by atoms with E-state index in [1.807, 2.05) is 0 Å². The lowest BCUT2D eigenvalue weighted by Gasteiger charge is -2.63. The smallest absolute Gasteiger partial charge is 0.0499 e. The minimum Gasteiger partial charge on any atom is -0.396 e. The van der Waals surface area contributed by atoms with Crippen molar-refractivity contribution in [2.24, 2.45) is 34.3 Å². The molecule has 4 unspecified atom stereocenters. The fourth-order valence-electron chi connectivity index (χ4n) is 3.98. The van der Waals surface area contributed by atoms with E-state index in [0.29, 0.717) is 17.9 Å². The van der Waals surface area contributed by atoms with Gasteiger partial charge >= 0.3 is 0 Å². The molecule has 2 bridgehead atoms. The van der Waals surface area contributed by atoms with Gasteiger partial charge in [0.15, 0.2) is 0 Å². The van der Waals surface area contributed by atoms with Crippen LogP contribution < -0.4 is 5.73 Å². The first-order valence-corrected chi connectivity index (χ1v) is 6.26. The Hall–Kier alpha value is -0.0800. The van der Waals surface area contributed by atoms with Crippen LogP contribution >= 0.6 is 0 Å². The molecule has 15 heavy (non-hydrogen) atoms. The zero-order valence-corrected chi connectivity index (χ0v) is 10.3. The van der Waals surface area contributed by atoms with E-state index in [0.717, 1.165) is 11.8 Å². The number of hydrogen-bond donors (Lipinski definition) is 2. The summed E-state index contributed by atoms with van der Waals surface area (Å²) in [5.74, 6) is 2.35. The fourth-order valence-corrected chi connectivity index (χ4v) is 3.98. The average Bonchev–Trinajstić information content (AvgIpc) is 2.27. The van der Waals surface area contributed by atoms with E-state index in [2.05, 4.69) is 20.8 Å². The number of hydrogen-bond acceptors (Lipinski definition) is 2. The molecule has 2 nitrogen and oxygen atoms in total. The Morgan fingerprint density at radius 2 is 2.07 bits per heavy atom. The van der Waals surface area contributed by atoms with Crippen LogP contribution in [0.15, 0.2) is 0 Å². The standard InChI is InChI=1S/C13H25NO/c1-12(2)9-4-5-10(11(12)6-9)13(3,7-14)8-15/h9-11,15H,4-8,14H2,1-3H3. The van der Waals surface area contributed by atoms with Crippen LogP contribution in [0.5, 0.6) is 0 Å². The Bertz CT molecular complexity index is 243. The van der Waals surface area contributed by atoms with E-state index in [4.69, 9.17) is 5.73 Å². The SMILES string of the molecule is CC(CN)(CO)C1CCC2CC1C2(C)C. The molecule has 4 atom stereocenters. The maximum atomic E-state index is 9.56. The number of aliphatic hydroxyl groups is 1. The second kappa shape index (κ2) is 3.46. The van der Waals surface area contributed by atoms with Gasteiger partial charge in [-0.2, -0.15) is 0 Å². The number of fused-ring (bicyclic) bond motifs is 2. The van der Waals surface area contributed by atoms with E-state index in [1.54, 1.807) is 0 Å². The van der Waals surface area contributed by atoms with Crippen LogP contribution in [0.2, 0.25) is 0 Å². The van der Waals surface area contributed by atoms with Crippen LogP contribution in [-0.2, 0) is 0 Å². The lowest BCUT2D eigenvalue weighted by molar-refractivity contribution is -0.146. The number of aliphatic hydroxyl groups excluding tert-OH is 1. The van der Waals surface area contributed by atoms with Crippen molar-refractivity contribution in [1.29, 1.82) is 0 Å². The fraction of sp³-hybridized carbons (Fsp3) is 1.00. The van der Waals surface area contributed by atoms with Gasteiger partial charge in [0.1, 0.15) is 0 Å². The molecule has 0 spiro atoms. The van der Waals surface area contributed by atoms with E-state index >= 15 is 0 Å². The van der Waals surface area contributed by atoms with Gasteiger partial charge in [0, 0.05) is 18.6 Å². The molecule has 3 saturated carbocycles. The van der Waals surface area contributed by atoms with Crippen molar-refractivity contribution in [3.63, 3.8) is 0 Å². The van der Waals surface area contributed by atoms with Gasteiger partial charge in [-0.3, -0.25) is 0 Å². The molecule has 2 heteroatoms. The van der Waals surface area contributed by atoms with Crippen LogP contribution in [-0.4, -0.2) is 18.3 Å². The Labute approximate surface area is 93.2 Å². The second-order valence-corrected chi connectivity index (χ2v) is 6.56. The van der Waals surface area contributed by atoms with Gasteiger partial charge in [-0.25, -0.2) is 0 Å². The Kier molecular flexibility index (Phi) is 2.63. The van der Waals surface area contributed by atoms with Crippen LogP contribution in [0.25, 0.3) is 0 Å². The number of rotatable bonds is 3. The molecule has 0 aromatic carbocycles. The highest BCUT2D eigenvalue weighted by Crippen LogP contribution is 2.64. The van der Waals surface area contributed by atoms with Crippen molar-refractivity contribution in [2.75, 3.05) is 13.2 Å². The maximum Gasteiger partial charge on any atom is 0.0499 e. The van der Waals surface area contributed by atoms with Crippen molar-refractivity contribution in [2.45, 2.75) is 40.0 Å². The van der Waals surface area contributed by atoms with Crippen LogP contribution in [0.1, 0.15) is 40.0 Å². The van der Waals surface area contributed by atoms with Gasteiger partial charge in [-0.1, -0.05) is 20.8 Å². The summed E-state index contributed by atoms with van der Waals surface area (Å²) in [7, 11) is 0. The molecule has 0 saturated heterocycles. The quantitative estimate of drug-likeness (QED) is 0.750. The third-order valence-corrected chi connectivity index (χ3v) is 5.58. The lowest BCUT2D eigenvalue weighted by atomic mass is 9.42. The molecule has 3 fully saturated rings. The molecule has 88 valence electrons. The van der Waals surface area contributed by atoms with Crippen molar-refractivity contribution in [1.82, 2.24) is 0 Å². The van der Waals surface area contributed by atoms with E-state index < -0.39 is 0 Å². The van der Waals surface area contributed by atoms with E-state index in [9.17, 15) is 5.11 Å². The number of nitrogens with two attached hydrogens (primary N) is 1. The Balaban J connectivity index is 2.17. The largest absolute Gasteiger partial charge is 0.396 e. The highest BCUT2D eigenvalue weighted by Gasteiger charge is 2.57. The van der Waals surface area contributed by atoms with Gasteiger partial charge in [0.2, 0.25) is 0 Å². The molecule has 0 aliphatic heterocycles. The van der Waals surface area contributed by atoms with Crippen molar-refractivity contribution < 1.29 is 5.11 Å². The molecule has 3 aliphatic carbocycles. The summed E-state index contributed by atoms with van der Waals surface area (Å²) >= 11 is 0. The van der Waals surface area contributed by atoms with Gasteiger partial charge in [-0.15, -0.1) is 0 Å². The first-order valence-electron chi connectivity index (χ1n) is 6.26. The molecule has 3 rings (SSSR count). The summed E-state index contributed by atoms with van der Waals surface area (Å²) in [6.07, 6.45) is 3.98. The molecule has 0 heterocycles. The van der Waals surface area contributed by atoms with Gasteiger partial charge < -0.3 is 10.8 Å². The molecule has 0 amide bonds.